The van der Waals surface area contributed by atoms with Crippen molar-refractivity contribution in [2.24, 2.45) is 0 Å². The summed E-state index contributed by atoms with van der Waals surface area (Å²) in [5.74, 6) is -1.20. The van der Waals surface area contributed by atoms with Gasteiger partial charge in [0.15, 0.2) is 0 Å². The van der Waals surface area contributed by atoms with E-state index in [0.29, 0.717) is 11.3 Å². The Hall–Kier alpha value is -0.0661. The third-order valence-electron chi connectivity index (χ3n) is 2.49. The first-order valence-corrected chi connectivity index (χ1v) is 5.95. The number of benzene rings is 1. The van der Waals surface area contributed by atoms with Crippen LogP contribution in [0.25, 0.3) is 5.70 Å². The van der Waals surface area contributed by atoms with Gasteiger partial charge in [0.2, 0.25) is 0 Å². The number of nitrogens with zero attached hydrogens (tertiary/aromatic N) is 1. The van der Waals surface area contributed by atoms with E-state index < -0.39 is 11.6 Å². The van der Waals surface area contributed by atoms with E-state index in [1.165, 1.54) is 12.1 Å². The molecule has 5 heteroatoms. The average Bonchev–Trinajstić information content (AvgIpc) is 2.24. The molecule has 0 fully saturated rings. The molecule has 0 N–H and O–H groups in total. The number of allylic oxidation sites excluding steroid dienone is 3. The smallest absolute Gasteiger partial charge is 0.114 e. The average molecular weight is 433 g/mol. The Balaban J connectivity index is 0.00000162. The van der Waals surface area contributed by atoms with E-state index >= 15 is 0 Å². The summed E-state index contributed by atoms with van der Waals surface area (Å²) in [5.41, 5.74) is 1.84. The van der Waals surface area contributed by atoms with Crippen LogP contribution in [0.15, 0.2) is 40.1 Å². The second-order valence-electron chi connectivity index (χ2n) is 3.65. The molecule has 0 spiro atoms. The van der Waals surface area contributed by atoms with E-state index in [1.807, 2.05) is 0 Å². The summed E-state index contributed by atoms with van der Waals surface area (Å²) in [7, 11) is 1.79. The minimum atomic E-state index is -0.599. The van der Waals surface area contributed by atoms with E-state index in [2.05, 4.69) is 35.2 Å². The van der Waals surface area contributed by atoms with Crippen LogP contribution in [-0.4, -0.2) is 11.9 Å². The fourth-order valence-corrected chi connectivity index (χ4v) is 2.09. The first-order chi connectivity index (χ1) is 7.99. The molecule has 18 heavy (non-hydrogen) atoms. The van der Waals surface area contributed by atoms with Crippen molar-refractivity contribution < 1.29 is 41.5 Å². The van der Waals surface area contributed by atoms with Crippen LogP contribution in [0.2, 0.25) is 0 Å². The van der Waals surface area contributed by atoms with Gasteiger partial charge in [-0.3, -0.25) is 0 Å². The molecule has 1 aromatic carbocycles. The van der Waals surface area contributed by atoms with E-state index in [9.17, 15) is 8.78 Å². The second kappa shape index (κ2) is 6.39. The topological polar surface area (TPSA) is 3.24 Å². The summed E-state index contributed by atoms with van der Waals surface area (Å²) in [5, 5.41) is 0. The predicted octanol–water partition coefficient (Wildman–Crippen LogP) is 3.88. The zero-order chi connectivity index (χ0) is 12.6. The summed E-state index contributed by atoms with van der Waals surface area (Å²) in [6, 6.07) is 3.41. The van der Waals surface area contributed by atoms with Crippen LogP contribution in [0.3, 0.4) is 0 Å². The third-order valence-corrected chi connectivity index (χ3v) is 3.42. The molecule has 0 aromatic heterocycles. The van der Waals surface area contributed by atoms with Crippen molar-refractivity contribution in [3.05, 3.63) is 63.4 Å². The Kier molecular flexibility index (Phi) is 5.68. The number of halogens is 3. The van der Waals surface area contributed by atoms with Crippen LogP contribution in [0.1, 0.15) is 5.56 Å². The maximum absolute atomic E-state index is 13.1. The molecule has 1 aliphatic heterocycles. The van der Waals surface area contributed by atoms with E-state index in [0.717, 1.165) is 15.3 Å². The molecule has 0 unspecified atom stereocenters. The van der Waals surface area contributed by atoms with Crippen molar-refractivity contribution >= 4 is 28.3 Å². The van der Waals surface area contributed by atoms with Crippen molar-refractivity contribution in [2.45, 2.75) is 0 Å². The number of hydrogen-bond acceptors (Lipinski definition) is 1. The van der Waals surface area contributed by atoms with Crippen LogP contribution in [0.5, 0.6) is 0 Å². The van der Waals surface area contributed by atoms with Gasteiger partial charge in [-0.25, -0.2) is 8.78 Å². The molecule has 0 saturated carbocycles. The van der Waals surface area contributed by atoms with Gasteiger partial charge in [-0.1, -0.05) is 33.6 Å². The fraction of sp³-hybridized carbons (Fsp3) is 0.0769. The molecule has 0 bridgehead atoms. The predicted molar refractivity (Wildman–Crippen MR) is 72.0 cm³/mol. The quantitative estimate of drug-likeness (QED) is 0.480. The normalized spacial score (nSPS) is 14.9. The van der Waals surface area contributed by atoms with Gasteiger partial charge in [0.05, 0.1) is 0 Å². The molecule has 0 atom stereocenters. The van der Waals surface area contributed by atoms with Crippen molar-refractivity contribution in [1.82, 2.24) is 4.90 Å². The monoisotopic (exact) mass is 433 g/mol. The van der Waals surface area contributed by atoms with Crippen LogP contribution in [0.4, 0.5) is 8.78 Å². The second-order valence-corrected chi connectivity index (χ2v) is 4.81. The van der Waals surface area contributed by atoms with Gasteiger partial charge in [0.1, 0.15) is 11.6 Å². The van der Waals surface area contributed by atoms with Crippen LogP contribution < -0.4 is 0 Å². The number of hydrogen-bond donors (Lipinski definition) is 0. The SMILES string of the molecule is C=C1C(I)=C[C-]=C(c2cc(F)cc(F)c2)N1C.[Y]. The molecule has 1 nitrogen and oxygen atoms in total. The molecule has 1 aromatic rings. The van der Waals surface area contributed by atoms with Gasteiger partial charge >= 0.3 is 0 Å². The summed E-state index contributed by atoms with van der Waals surface area (Å²) < 4.78 is 27.2. The van der Waals surface area contributed by atoms with E-state index in [-0.39, 0.29) is 32.7 Å². The van der Waals surface area contributed by atoms with Gasteiger partial charge in [-0.05, 0) is 5.70 Å². The first-order valence-electron chi connectivity index (χ1n) is 4.87. The molecule has 0 saturated heterocycles. The molecular weight excluding hydrogens is 424 g/mol. The van der Waals surface area contributed by atoms with Crippen LogP contribution >= 0.6 is 22.6 Å². The van der Waals surface area contributed by atoms with Crippen molar-refractivity contribution in [1.29, 1.82) is 0 Å². The summed E-state index contributed by atoms with van der Waals surface area (Å²) in [6.45, 7) is 3.90. The zero-order valence-electron chi connectivity index (χ0n) is 9.67. The molecule has 91 valence electrons. The Bertz CT molecular complexity index is 532. The van der Waals surface area contributed by atoms with Gasteiger partial charge < -0.3 is 4.90 Å². The maximum Gasteiger partial charge on any atom is 0.114 e. The zero-order valence-corrected chi connectivity index (χ0v) is 14.7. The van der Waals surface area contributed by atoms with Gasteiger partial charge in [-0.15, -0.1) is 22.6 Å². The van der Waals surface area contributed by atoms with Gasteiger partial charge in [-0.2, -0.15) is 12.2 Å². The Morgan fingerprint density at radius 3 is 2.33 bits per heavy atom. The minimum absolute atomic E-state index is 0. The summed E-state index contributed by atoms with van der Waals surface area (Å²) in [6.07, 6.45) is 4.75. The van der Waals surface area contributed by atoms with Gasteiger partial charge in [0.25, 0.3) is 0 Å². The van der Waals surface area contributed by atoms with Crippen molar-refractivity contribution in [3.8, 4) is 0 Å². The minimum Gasteiger partial charge on any atom is -0.378 e. The molecular formula is C13H9F2INY-. The molecule has 0 aliphatic carbocycles. The fourth-order valence-electron chi connectivity index (χ4n) is 1.57. The van der Waals surface area contributed by atoms with Crippen LogP contribution in [-0.2, 0) is 32.7 Å². The maximum atomic E-state index is 13.1. The summed E-state index contributed by atoms with van der Waals surface area (Å²) in [4.78, 5) is 1.76. The molecule has 2 rings (SSSR count). The number of rotatable bonds is 1. The van der Waals surface area contributed by atoms with Crippen LogP contribution in [0, 0.1) is 17.7 Å². The molecule has 1 aliphatic rings. The Morgan fingerprint density at radius 1 is 1.22 bits per heavy atom. The Labute approximate surface area is 144 Å². The van der Waals surface area contributed by atoms with E-state index in [1.54, 1.807) is 18.0 Å². The first kappa shape index (κ1) is 16.0. The van der Waals surface area contributed by atoms with E-state index in [4.69, 9.17) is 0 Å². The molecule has 0 amide bonds. The molecule has 1 radical (unpaired) electrons. The van der Waals surface area contributed by atoms with Crippen molar-refractivity contribution in [2.75, 3.05) is 7.05 Å². The number of likely N-dealkylation sites (N-methyl/N-ethyl adjacent to an activating group) is 1. The largest absolute Gasteiger partial charge is 0.378 e. The van der Waals surface area contributed by atoms with Crippen molar-refractivity contribution in [3.63, 3.8) is 0 Å². The third kappa shape index (κ3) is 3.28. The standard InChI is InChI=1S/C13H9F2IN.Y/c1-8-12(16)3-4-13(17(8)2)9-5-10(14)7-11(15)6-9;/h3,5-7H,1H2,2H3;/q-1;. The summed E-state index contributed by atoms with van der Waals surface area (Å²) >= 11 is 2.14. The molecule has 1 heterocycles. The van der Waals surface area contributed by atoms with Gasteiger partial charge in [0, 0.05) is 45.8 Å². The Morgan fingerprint density at radius 2 is 1.78 bits per heavy atom.